The van der Waals surface area contributed by atoms with Crippen molar-refractivity contribution in [2.24, 2.45) is 11.1 Å². The summed E-state index contributed by atoms with van der Waals surface area (Å²) < 4.78 is 5.18. The lowest BCUT2D eigenvalue weighted by Gasteiger charge is -2.42. The Morgan fingerprint density at radius 2 is 2.00 bits per heavy atom. The van der Waals surface area contributed by atoms with Crippen molar-refractivity contribution < 1.29 is 19.4 Å². The molecule has 1 atom stereocenters. The van der Waals surface area contributed by atoms with Crippen LogP contribution < -0.4 is 15.4 Å². The van der Waals surface area contributed by atoms with Crippen LogP contribution in [0.15, 0.2) is 12.1 Å². The standard InChI is InChI=1S/C24H34ClN3O4/c1-2-4-18-20(32-23(26)31)10-9-19(21(18)25)27-13-3-11-24(15-27)12-14-28(22(24)30)16-5-7-17(29)8-6-16/h9-10,16-17,29H,2-8,11-15H2,1H3,(H2,26,31)/t16?,17?,24-/m1/s1. The molecule has 2 amide bonds. The third-order valence-electron chi connectivity index (χ3n) is 7.46. The van der Waals surface area contributed by atoms with Crippen LogP contribution in [0.1, 0.15) is 63.9 Å². The molecule has 1 saturated carbocycles. The van der Waals surface area contributed by atoms with E-state index in [-0.39, 0.29) is 23.5 Å². The van der Waals surface area contributed by atoms with Gasteiger partial charge in [-0.05, 0) is 63.5 Å². The van der Waals surface area contributed by atoms with Gasteiger partial charge in [0.2, 0.25) is 5.91 Å². The maximum Gasteiger partial charge on any atom is 0.409 e. The summed E-state index contributed by atoms with van der Waals surface area (Å²) in [4.78, 5) is 29.2. The molecule has 2 heterocycles. The molecule has 176 valence electrons. The maximum atomic E-state index is 13.6. The fourth-order valence-corrected chi connectivity index (χ4v) is 6.17. The average molecular weight is 464 g/mol. The number of anilines is 1. The summed E-state index contributed by atoms with van der Waals surface area (Å²) in [6.07, 6.45) is 6.49. The Bertz CT molecular complexity index is 871. The number of nitrogens with zero attached hydrogens (tertiary/aromatic N) is 2. The number of nitrogens with two attached hydrogens (primary N) is 1. The van der Waals surface area contributed by atoms with E-state index in [4.69, 9.17) is 22.1 Å². The summed E-state index contributed by atoms with van der Waals surface area (Å²) in [5.74, 6) is 0.671. The zero-order valence-corrected chi connectivity index (χ0v) is 19.6. The molecule has 1 aromatic rings. The van der Waals surface area contributed by atoms with Gasteiger partial charge >= 0.3 is 6.09 Å². The number of likely N-dealkylation sites (tertiary alicyclic amines) is 1. The molecule has 0 unspecified atom stereocenters. The van der Waals surface area contributed by atoms with Gasteiger partial charge in [0.15, 0.2) is 0 Å². The monoisotopic (exact) mass is 463 g/mol. The van der Waals surface area contributed by atoms with Gasteiger partial charge in [0.25, 0.3) is 0 Å². The number of rotatable bonds is 5. The van der Waals surface area contributed by atoms with Crippen LogP contribution in [0, 0.1) is 5.41 Å². The second kappa shape index (κ2) is 9.48. The van der Waals surface area contributed by atoms with E-state index in [2.05, 4.69) is 9.80 Å². The van der Waals surface area contributed by atoms with E-state index in [1.54, 1.807) is 6.07 Å². The van der Waals surface area contributed by atoms with E-state index >= 15 is 0 Å². The molecule has 4 rings (SSSR count). The fraction of sp³-hybridized carbons (Fsp3) is 0.667. The minimum absolute atomic E-state index is 0.218. The third-order valence-corrected chi connectivity index (χ3v) is 7.88. The van der Waals surface area contributed by atoms with E-state index in [0.717, 1.165) is 75.7 Å². The molecule has 1 aliphatic carbocycles. The molecule has 7 nitrogen and oxygen atoms in total. The first kappa shape index (κ1) is 23.2. The largest absolute Gasteiger partial charge is 0.410 e. The Balaban J connectivity index is 1.55. The van der Waals surface area contributed by atoms with E-state index < -0.39 is 6.09 Å². The lowest BCUT2D eigenvalue weighted by molar-refractivity contribution is -0.139. The first-order chi connectivity index (χ1) is 15.3. The Morgan fingerprint density at radius 1 is 1.25 bits per heavy atom. The molecule has 32 heavy (non-hydrogen) atoms. The van der Waals surface area contributed by atoms with Gasteiger partial charge in [-0.3, -0.25) is 4.79 Å². The van der Waals surface area contributed by atoms with Crippen LogP contribution in [0.4, 0.5) is 10.5 Å². The summed E-state index contributed by atoms with van der Waals surface area (Å²) in [6, 6.07) is 3.89. The number of carbonyl (C=O) groups excluding carboxylic acids is 2. The quantitative estimate of drug-likeness (QED) is 0.690. The highest BCUT2D eigenvalue weighted by Crippen LogP contribution is 2.45. The highest BCUT2D eigenvalue weighted by atomic mass is 35.5. The van der Waals surface area contributed by atoms with Crippen molar-refractivity contribution in [2.45, 2.75) is 76.9 Å². The smallest absolute Gasteiger partial charge is 0.409 e. The van der Waals surface area contributed by atoms with Gasteiger partial charge in [0, 0.05) is 31.2 Å². The van der Waals surface area contributed by atoms with Crippen LogP contribution in [0.5, 0.6) is 5.75 Å². The number of carbonyl (C=O) groups is 2. The minimum Gasteiger partial charge on any atom is -0.410 e. The number of amides is 2. The first-order valence-electron chi connectivity index (χ1n) is 11.9. The molecule has 2 saturated heterocycles. The molecule has 0 radical (unpaired) electrons. The van der Waals surface area contributed by atoms with Crippen molar-refractivity contribution in [2.75, 3.05) is 24.5 Å². The van der Waals surface area contributed by atoms with E-state index in [0.29, 0.717) is 23.7 Å². The van der Waals surface area contributed by atoms with Crippen LogP contribution in [-0.4, -0.2) is 53.8 Å². The van der Waals surface area contributed by atoms with Gasteiger partial charge in [-0.25, -0.2) is 4.79 Å². The van der Waals surface area contributed by atoms with Crippen LogP contribution in [0.2, 0.25) is 5.02 Å². The lowest BCUT2D eigenvalue weighted by atomic mass is 9.78. The number of hydrogen-bond donors (Lipinski definition) is 2. The predicted octanol–water partition coefficient (Wildman–Crippen LogP) is 3.87. The van der Waals surface area contributed by atoms with Crippen molar-refractivity contribution in [3.63, 3.8) is 0 Å². The van der Waals surface area contributed by atoms with Gasteiger partial charge in [-0.15, -0.1) is 0 Å². The molecular formula is C24H34ClN3O4. The highest BCUT2D eigenvalue weighted by Gasteiger charge is 2.50. The number of aliphatic hydroxyl groups is 1. The number of piperidine rings is 1. The van der Waals surface area contributed by atoms with Gasteiger partial charge in [0.05, 0.1) is 22.2 Å². The Hall–Kier alpha value is -1.99. The maximum absolute atomic E-state index is 13.6. The predicted molar refractivity (Wildman–Crippen MR) is 124 cm³/mol. The summed E-state index contributed by atoms with van der Waals surface area (Å²) >= 11 is 6.81. The number of benzene rings is 1. The van der Waals surface area contributed by atoms with Gasteiger partial charge in [-0.1, -0.05) is 24.9 Å². The van der Waals surface area contributed by atoms with Crippen LogP contribution in [0.3, 0.4) is 0 Å². The number of primary amides is 1. The zero-order valence-electron chi connectivity index (χ0n) is 18.8. The highest BCUT2D eigenvalue weighted by molar-refractivity contribution is 6.34. The number of aliphatic hydroxyl groups excluding tert-OH is 1. The second-order valence-corrected chi connectivity index (χ2v) is 9.94. The minimum atomic E-state index is -0.852. The molecule has 8 heteroatoms. The summed E-state index contributed by atoms with van der Waals surface area (Å²) in [5, 5.41) is 10.4. The molecule has 1 spiro atoms. The van der Waals surface area contributed by atoms with Crippen LogP contribution in [0.25, 0.3) is 0 Å². The Labute approximate surface area is 194 Å². The molecule has 3 aliphatic rings. The number of ether oxygens (including phenoxy) is 1. The van der Waals surface area contributed by atoms with Gasteiger partial charge < -0.3 is 25.4 Å². The number of hydrogen-bond acceptors (Lipinski definition) is 5. The van der Waals surface area contributed by atoms with Crippen LogP contribution >= 0.6 is 11.6 Å². The van der Waals surface area contributed by atoms with Gasteiger partial charge in [-0.2, -0.15) is 0 Å². The molecule has 2 aliphatic heterocycles. The van der Waals surface area contributed by atoms with Crippen molar-refractivity contribution in [3.05, 3.63) is 22.7 Å². The normalized spacial score (nSPS) is 28.4. The Morgan fingerprint density at radius 3 is 2.69 bits per heavy atom. The Kier molecular flexibility index (Phi) is 6.86. The number of halogens is 1. The molecule has 3 fully saturated rings. The van der Waals surface area contributed by atoms with Crippen LogP contribution in [-0.2, 0) is 11.2 Å². The second-order valence-electron chi connectivity index (χ2n) is 9.56. The molecule has 1 aromatic carbocycles. The average Bonchev–Trinajstić information content (AvgIpc) is 3.06. The molecule has 0 aromatic heterocycles. The first-order valence-corrected chi connectivity index (χ1v) is 12.2. The van der Waals surface area contributed by atoms with Crippen molar-refractivity contribution in [1.82, 2.24) is 4.90 Å². The third kappa shape index (κ3) is 4.42. The topological polar surface area (TPSA) is 96.1 Å². The summed E-state index contributed by atoms with van der Waals surface area (Å²) in [6.45, 7) is 4.33. The molecular weight excluding hydrogens is 430 g/mol. The van der Waals surface area contributed by atoms with E-state index in [1.165, 1.54) is 0 Å². The summed E-state index contributed by atoms with van der Waals surface area (Å²) in [7, 11) is 0. The fourth-order valence-electron chi connectivity index (χ4n) is 5.80. The van der Waals surface area contributed by atoms with Crippen molar-refractivity contribution in [1.29, 1.82) is 0 Å². The van der Waals surface area contributed by atoms with E-state index in [1.807, 2.05) is 13.0 Å². The SMILES string of the molecule is CCCc1c(OC(N)=O)ccc(N2CCC[C@@]3(CCN(C4CCC(O)CC4)C3=O)C2)c1Cl. The lowest BCUT2D eigenvalue weighted by Crippen LogP contribution is -2.50. The molecule has 3 N–H and O–H groups in total. The summed E-state index contributed by atoms with van der Waals surface area (Å²) in [5.41, 5.74) is 6.53. The molecule has 0 bridgehead atoms. The van der Waals surface area contributed by atoms with Gasteiger partial charge in [0.1, 0.15) is 5.75 Å². The van der Waals surface area contributed by atoms with Crippen molar-refractivity contribution >= 4 is 29.3 Å². The van der Waals surface area contributed by atoms with Crippen molar-refractivity contribution in [3.8, 4) is 5.75 Å². The zero-order chi connectivity index (χ0) is 22.9. The van der Waals surface area contributed by atoms with E-state index in [9.17, 15) is 14.7 Å².